The maximum Gasteiger partial charge on any atom is 0.345 e. The summed E-state index contributed by atoms with van der Waals surface area (Å²) < 4.78 is 8.42. The first-order chi connectivity index (χ1) is 15.5. The van der Waals surface area contributed by atoms with E-state index in [4.69, 9.17) is 4.74 Å². The number of aromatic nitrogens is 3. The number of aryl methyl sites for hydroxylation is 2. The molecule has 0 bridgehead atoms. The normalized spacial score (nSPS) is 14.5. The van der Waals surface area contributed by atoms with Gasteiger partial charge in [0.2, 0.25) is 5.91 Å². The predicted molar refractivity (Wildman–Crippen MR) is 123 cm³/mol. The summed E-state index contributed by atoms with van der Waals surface area (Å²) in [7, 11) is 3.34. The molecule has 2 heterocycles. The molecule has 1 saturated heterocycles. The Morgan fingerprint density at radius 3 is 2.38 bits per heavy atom. The Morgan fingerprint density at radius 2 is 1.72 bits per heavy atom. The minimum Gasteiger partial charge on any atom is -0.497 e. The first-order valence-corrected chi connectivity index (χ1v) is 11.1. The molecule has 3 aromatic rings. The molecule has 2 aromatic carbocycles. The summed E-state index contributed by atoms with van der Waals surface area (Å²) >= 11 is 0. The van der Waals surface area contributed by atoms with Crippen molar-refractivity contribution in [2.24, 2.45) is 7.05 Å². The molecule has 1 aliphatic heterocycles. The minimum atomic E-state index is -0.0751. The molecule has 0 saturated carbocycles. The second-order valence-electron chi connectivity index (χ2n) is 8.33. The van der Waals surface area contributed by atoms with Crippen LogP contribution in [0.25, 0.3) is 0 Å². The highest BCUT2D eigenvalue weighted by Crippen LogP contribution is 2.27. The van der Waals surface area contributed by atoms with Crippen LogP contribution in [0.15, 0.2) is 59.4 Å². The maximum absolute atomic E-state index is 12.8. The van der Waals surface area contributed by atoms with E-state index in [9.17, 15) is 9.59 Å². The molecule has 168 valence electrons. The van der Waals surface area contributed by atoms with Gasteiger partial charge in [-0.25, -0.2) is 9.48 Å². The molecule has 0 unspecified atom stereocenters. The van der Waals surface area contributed by atoms with Gasteiger partial charge in [-0.15, -0.1) is 0 Å². The lowest BCUT2D eigenvalue weighted by molar-refractivity contribution is -0.131. The summed E-state index contributed by atoms with van der Waals surface area (Å²) in [5.41, 5.74) is 2.11. The summed E-state index contributed by atoms with van der Waals surface area (Å²) in [5.74, 6) is 1.95. The summed E-state index contributed by atoms with van der Waals surface area (Å²) in [6.07, 6.45) is 2.81. The number of methoxy groups -OCH3 is 1. The Labute approximate surface area is 188 Å². The Morgan fingerprint density at radius 1 is 1.03 bits per heavy atom. The molecule has 1 aromatic heterocycles. The van der Waals surface area contributed by atoms with E-state index < -0.39 is 0 Å². The summed E-state index contributed by atoms with van der Waals surface area (Å²) in [5, 5.41) is 4.55. The standard InChI is InChI=1S/C25H30N4O3/c1-27-25(31)29(17-12-19-6-4-3-5-7-19)24(26-27)21-13-15-28(16-14-21)23(30)18-20-8-10-22(32-2)11-9-20/h3-11,21H,12-18H2,1-2H3. The molecule has 0 aliphatic carbocycles. The first kappa shape index (κ1) is 21.9. The molecule has 1 aliphatic rings. The summed E-state index contributed by atoms with van der Waals surface area (Å²) in [6.45, 7) is 1.98. The Kier molecular flexibility index (Phi) is 6.73. The van der Waals surface area contributed by atoms with Crippen molar-refractivity contribution in [2.75, 3.05) is 20.2 Å². The molecule has 7 heteroatoms. The number of nitrogens with zero attached hydrogens (tertiary/aromatic N) is 4. The molecule has 32 heavy (non-hydrogen) atoms. The van der Waals surface area contributed by atoms with Crippen LogP contribution in [-0.2, 0) is 31.2 Å². The molecule has 0 radical (unpaired) electrons. The van der Waals surface area contributed by atoms with Crippen molar-refractivity contribution in [3.8, 4) is 5.75 Å². The van der Waals surface area contributed by atoms with Crippen LogP contribution < -0.4 is 10.4 Å². The van der Waals surface area contributed by atoms with Gasteiger partial charge in [0.05, 0.1) is 13.5 Å². The third-order valence-electron chi connectivity index (χ3n) is 6.23. The second-order valence-corrected chi connectivity index (χ2v) is 8.33. The van der Waals surface area contributed by atoms with Gasteiger partial charge in [0.15, 0.2) is 0 Å². The fourth-order valence-corrected chi connectivity index (χ4v) is 4.34. The van der Waals surface area contributed by atoms with Gasteiger partial charge in [0, 0.05) is 32.6 Å². The van der Waals surface area contributed by atoms with Gasteiger partial charge in [-0.2, -0.15) is 5.10 Å². The number of hydrogen-bond donors (Lipinski definition) is 0. The quantitative estimate of drug-likeness (QED) is 0.573. The molecule has 0 atom stereocenters. The lowest BCUT2D eigenvalue weighted by Crippen LogP contribution is -2.39. The molecule has 1 amide bonds. The zero-order chi connectivity index (χ0) is 22.5. The van der Waals surface area contributed by atoms with E-state index in [0.29, 0.717) is 26.1 Å². The zero-order valence-corrected chi connectivity index (χ0v) is 18.7. The van der Waals surface area contributed by atoms with Crippen molar-refractivity contribution >= 4 is 5.91 Å². The number of piperidine rings is 1. The average Bonchev–Trinajstić information content (AvgIpc) is 3.12. The van der Waals surface area contributed by atoms with Gasteiger partial charge in [-0.3, -0.25) is 9.36 Å². The van der Waals surface area contributed by atoms with Gasteiger partial charge in [0.1, 0.15) is 11.6 Å². The number of hydrogen-bond acceptors (Lipinski definition) is 4. The number of likely N-dealkylation sites (tertiary alicyclic amines) is 1. The monoisotopic (exact) mass is 434 g/mol. The van der Waals surface area contributed by atoms with E-state index in [1.165, 1.54) is 10.2 Å². The Bertz CT molecular complexity index is 1090. The van der Waals surface area contributed by atoms with Crippen LogP contribution in [0.5, 0.6) is 5.75 Å². The van der Waals surface area contributed by atoms with Gasteiger partial charge in [-0.05, 0) is 42.5 Å². The van der Waals surface area contributed by atoms with E-state index in [2.05, 4.69) is 17.2 Å². The van der Waals surface area contributed by atoms with E-state index in [1.807, 2.05) is 51.9 Å². The van der Waals surface area contributed by atoms with Crippen LogP contribution in [0.3, 0.4) is 0 Å². The largest absolute Gasteiger partial charge is 0.497 e. The highest BCUT2D eigenvalue weighted by molar-refractivity contribution is 5.78. The number of amides is 1. The summed E-state index contributed by atoms with van der Waals surface area (Å²) in [6, 6.07) is 17.8. The van der Waals surface area contributed by atoms with Crippen molar-refractivity contribution in [1.82, 2.24) is 19.2 Å². The van der Waals surface area contributed by atoms with Crippen molar-refractivity contribution < 1.29 is 9.53 Å². The smallest absolute Gasteiger partial charge is 0.345 e. The highest BCUT2D eigenvalue weighted by Gasteiger charge is 2.28. The highest BCUT2D eigenvalue weighted by atomic mass is 16.5. The van der Waals surface area contributed by atoms with Gasteiger partial charge >= 0.3 is 5.69 Å². The van der Waals surface area contributed by atoms with E-state index in [0.717, 1.165) is 36.4 Å². The van der Waals surface area contributed by atoms with E-state index in [-0.39, 0.29) is 17.5 Å². The number of ether oxygens (including phenoxy) is 1. The zero-order valence-electron chi connectivity index (χ0n) is 18.7. The predicted octanol–water partition coefficient (Wildman–Crippen LogP) is 2.78. The Hall–Kier alpha value is -3.35. The molecule has 4 rings (SSSR count). The minimum absolute atomic E-state index is 0.0751. The van der Waals surface area contributed by atoms with Gasteiger partial charge in [-0.1, -0.05) is 42.5 Å². The van der Waals surface area contributed by atoms with E-state index in [1.54, 1.807) is 14.2 Å². The number of carbonyl (C=O) groups excluding carboxylic acids is 1. The lowest BCUT2D eigenvalue weighted by Gasteiger charge is -2.31. The topological polar surface area (TPSA) is 69.4 Å². The van der Waals surface area contributed by atoms with Crippen molar-refractivity contribution in [1.29, 1.82) is 0 Å². The van der Waals surface area contributed by atoms with E-state index >= 15 is 0 Å². The summed E-state index contributed by atoms with van der Waals surface area (Å²) in [4.78, 5) is 27.4. The van der Waals surface area contributed by atoms with Crippen LogP contribution in [-0.4, -0.2) is 45.4 Å². The molecule has 0 N–H and O–H groups in total. The fourth-order valence-electron chi connectivity index (χ4n) is 4.34. The number of carbonyl (C=O) groups is 1. The van der Waals surface area contributed by atoms with Gasteiger partial charge in [0.25, 0.3) is 0 Å². The fraction of sp³-hybridized carbons (Fsp3) is 0.400. The van der Waals surface area contributed by atoms with Crippen LogP contribution in [0.2, 0.25) is 0 Å². The third-order valence-corrected chi connectivity index (χ3v) is 6.23. The molecular formula is C25H30N4O3. The average molecular weight is 435 g/mol. The van der Waals surface area contributed by atoms with Crippen molar-refractivity contribution in [3.05, 3.63) is 82.0 Å². The first-order valence-electron chi connectivity index (χ1n) is 11.1. The molecule has 1 fully saturated rings. The Balaban J connectivity index is 1.37. The van der Waals surface area contributed by atoms with Crippen molar-refractivity contribution in [2.45, 2.75) is 38.1 Å². The lowest BCUT2D eigenvalue weighted by atomic mass is 9.95. The van der Waals surface area contributed by atoms with Crippen LogP contribution >= 0.6 is 0 Å². The molecular weight excluding hydrogens is 404 g/mol. The SMILES string of the molecule is COc1ccc(CC(=O)N2CCC(c3nn(C)c(=O)n3CCc3ccccc3)CC2)cc1. The van der Waals surface area contributed by atoms with Crippen LogP contribution in [0.1, 0.15) is 35.7 Å². The second kappa shape index (κ2) is 9.85. The molecule has 7 nitrogen and oxygen atoms in total. The van der Waals surface area contributed by atoms with Crippen molar-refractivity contribution in [3.63, 3.8) is 0 Å². The number of rotatable bonds is 7. The number of benzene rings is 2. The van der Waals surface area contributed by atoms with Gasteiger partial charge < -0.3 is 9.64 Å². The van der Waals surface area contributed by atoms with Crippen LogP contribution in [0, 0.1) is 0 Å². The molecule has 0 spiro atoms. The third kappa shape index (κ3) is 4.93. The van der Waals surface area contributed by atoms with Crippen LogP contribution in [0.4, 0.5) is 0 Å². The maximum atomic E-state index is 12.8.